The van der Waals surface area contributed by atoms with Crippen molar-refractivity contribution in [2.45, 2.75) is 71.3 Å². The molecule has 0 rings (SSSR count). The normalized spacial score (nSPS) is 12.6. The summed E-state index contributed by atoms with van der Waals surface area (Å²) in [7, 11) is 0. The summed E-state index contributed by atoms with van der Waals surface area (Å²) < 4.78 is 10.3. The van der Waals surface area contributed by atoms with Crippen molar-refractivity contribution in [3.05, 3.63) is 24.3 Å². The molecule has 0 heterocycles. The third-order valence-corrected chi connectivity index (χ3v) is 3.26. The lowest BCUT2D eigenvalue weighted by Crippen LogP contribution is -2.11. The zero-order chi connectivity index (χ0) is 18.0. The van der Waals surface area contributed by atoms with E-state index in [1.54, 1.807) is 6.08 Å². The van der Waals surface area contributed by atoms with Crippen molar-refractivity contribution >= 4 is 11.9 Å². The number of aliphatic hydroxyl groups excluding tert-OH is 1. The molecule has 0 aliphatic rings. The zero-order valence-corrected chi connectivity index (χ0v) is 15.0. The Labute approximate surface area is 145 Å². The predicted molar refractivity (Wildman–Crippen MR) is 94.5 cm³/mol. The van der Waals surface area contributed by atoms with Gasteiger partial charge in [0, 0.05) is 20.0 Å². The molecule has 0 aliphatic heterocycles. The molecule has 0 amide bonds. The number of unbranched alkanes of at least 4 members (excludes halogenated alkanes) is 4. The number of carbonyl (C=O) groups is 2. The molecule has 5 nitrogen and oxygen atoms in total. The molecule has 0 saturated heterocycles. The van der Waals surface area contributed by atoms with Gasteiger partial charge in [-0.3, -0.25) is 9.59 Å². The van der Waals surface area contributed by atoms with Gasteiger partial charge in [0.25, 0.3) is 0 Å². The molecule has 0 bridgehead atoms. The van der Waals surface area contributed by atoms with E-state index < -0.39 is 0 Å². The van der Waals surface area contributed by atoms with E-state index in [0.29, 0.717) is 32.3 Å². The first-order valence-corrected chi connectivity index (χ1v) is 8.87. The van der Waals surface area contributed by atoms with Crippen LogP contribution in [0.3, 0.4) is 0 Å². The number of ether oxygens (including phenoxy) is 2. The summed E-state index contributed by atoms with van der Waals surface area (Å²) in [6, 6.07) is 0. The van der Waals surface area contributed by atoms with Gasteiger partial charge in [-0.1, -0.05) is 31.9 Å². The fourth-order valence-electron chi connectivity index (χ4n) is 2.00. The van der Waals surface area contributed by atoms with Gasteiger partial charge in [-0.25, -0.2) is 0 Å². The summed E-state index contributed by atoms with van der Waals surface area (Å²) in [6.45, 7) is 3.95. The van der Waals surface area contributed by atoms with Gasteiger partial charge in [-0.2, -0.15) is 0 Å². The van der Waals surface area contributed by atoms with Crippen LogP contribution in [0.1, 0.15) is 65.2 Å². The second-order valence-electron chi connectivity index (χ2n) is 5.62. The molecule has 0 aromatic carbocycles. The van der Waals surface area contributed by atoms with Crippen molar-refractivity contribution in [1.29, 1.82) is 0 Å². The Morgan fingerprint density at radius 2 is 1.75 bits per heavy atom. The van der Waals surface area contributed by atoms with Gasteiger partial charge in [0.2, 0.25) is 0 Å². The summed E-state index contributed by atoms with van der Waals surface area (Å²) in [5.74, 6) is -0.567. The van der Waals surface area contributed by atoms with Gasteiger partial charge in [0.1, 0.15) is 6.10 Å². The number of hydrogen-bond donors (Lipinski definition) is 1. The van der Waals surface area contributed by atoms with Crippen LogP contribution in [0.4, 0.5) is 0 Å². The fraction of sp³-hybridized carbons (Fsp3) is 0.684. The highest BCUT2D eigenvalue weighted by Gasteiger charge is 2.04. The molecule has 0 saturated carbocycles. The van der Waals surface area contributed by atoms with Crippen LogP contribution in [0.15, 0.2) is 24.3 Å². The van der Waals surface area contributed by atoms with Crippen LogP contribution >= 0.6 is 0 Å². The second kappa shape index (κ2) is 16.2. The summed E-state index contributed by atoms with van der Waals surface area (Å²) in [4.78, 5) is 22.5. The van der Waals surface area contributed by atoms with Crippen molar-refractivity contribution in [2.75, 3.05) is 13.2 Å². The van der Waals surface area contributed by atoms with E-state index in [-0.39, 0.29) is 24.6 Å². The fourth-order valence-corrected chi connectivity index (χ4v) is 2.00. The van der Waals surface area contributed by atoms with E-state index in [4.69, 9.17) is 14.6 Å². The summed E-state index contributed by atoms with van der Waals surface area (Å²) in [5.41, 5.74) is 0. The second-order valence-corrected chi connectivity index (χ2v) is 5.62. The molecule has 24 heavy (non-hydrogen) atoms. The van der Waals surface area contributed by atoms with Crippen LogP contribution in [0, 0.1) is 0 Å². The van der Waals surface area contributed by atoms with Crippen LogP contribution in [0.25, 0.3) is 0 Å². The summed E-state index contributed by atoms with van der Waals surface area (Å²) >= 11 is 0. The molecule has 0 radical (unpaired) electrons. The number of carbonyl (C=O) groups excluding carboxylic acids is 2. The molecule has 0 fully saturated rings. The van der Waals surface area contributed by atoms with Crippen molar-refractivity contribution < 1.29 is 24.2 Å². The first-order chi connectivity index (χ1) is 11.6. The molecule has 138 valence electrons. The highest BCUT2D eigenvalue weighted by molar-refractivity contribution is 5.69. The molecule has 0 aliphatic carbocycles. The number of hydrogen-bond acceptors (Lipinski definition) is 5. The van der Waals surface area contributed by atoms with Gasteiger partial charge in [0.15, 0.2) is 0 Å². The lowest BCUT2D eigenvalue weighted by molar-refractivity contribution is -0.144. The predicted octanol–water partition coefficient (Wildman–Crippen LogP) is 3.71. The first kappa shape index (κ1) is 22.4. The quantitative estimate of drug-likeness (QED) is 0.296. The van der Waals surface area contributed by atoms with Crippen molar-refractivity contribution in [2.24, 2.45) is 0 Å². The van der Waals surface area contributed by atoms with E-state index in [9.17, 15) is 9.59 Å². The van der Waals surface area contributed by atoms with Crippen molar-refractivity contribution in [3.8, 4) is 0 Å². The largest absolute Gasteiger partial charge is 0.465 e. The van der Waals surface area contributed by atoms with Crippen molar-refractivity contribution in [1.82, 2.24) is 0 Å². The van der Waals surface area contributed by atoms with Gasteiger partial charge < -0.3 is 14.6 Å². The zero-order valence-electron chi connectivity index (χ0n) is 15.0. The maximum atomic E-state index is 11.4. The third-order valence-electron chi connectivity index (χ3n) is 3.26. The molecular formula is C19H32O5. The molecule has 0 spiro atoms. The minimum absolute atomic E-state index is 0.0967. The standard InChI is InChI=1S/C19H32O5/c1-3-4-5-6-7-12-18(24-17(2)21)13-9-11-16-23-19(22)14-8-10-15-20/h7,9,12-13,18,20H,3-6,8,10-11,14-16H2,1-2H3/b12-7-,13-9-/t18-/m1/s1. The minimum Gasteiger partial charge on any atom is -0.465 e. The van der Waals surface area contributed by atoms with Gasteiger partial charge >= 0.3 is 11.9 Å². The Hall–Kier alpha value is -1.62. The van der Waals surface area contributed by atoms with Crippen LogP contribution in [0.5, 0.6) is 0 Å². The average Bonchev–Trinajstić information content (AvgIpc) is 2.53. The number of allylic oxidation sites excluding steroid dienone is 1. The monoisotopic (exact) mass is 340 g/mol. The Morgan fingerprint density at radius 1 is 1.04 bits per heavy atom. The molecule has 0 aromatic heterocycles. The van der Waals surface area contributed by atoms with Gasteiger partial charge in [-0.15, -0.1) is 0 Å². The Morgan fingerprint density at radius 3 is 2.38 bits per heavy atom. The van der Waals surface area contributed by atoms with E-state index in [2.05, 4.69) is 6.92 Å². The van der Waals surface area contributed by atoms with E-state index in [1.807, 2.05) is 18.2 Å². The molecule has 5 heteroatoms. The number of rotatable bonds is 14. The number of aliphatic hydroxyl groups is 1. The highest BCUT2D eigenvalue weighted by Crippen LogP contribution is 2.04. The van der Waals surface area contributed by atoms with Gasteiger partial charge in [-0.05, 0) is 44.3 Å². The third kappa shape index (κ3) is 15.3. The first-order valence-electron chi connectivity index (χ1n) is 8.87. The van der Waals surface area contributed by atoms with E-state index >= 15 is 0 Å². The number of esters is 2. The molecule has 0 unspecified atom stereocenters. The topological polar surface area (TPSA) is 72.8 Å². The molecular weight excluding hydrogens is 308 g/mol. The Bertz CT molecular complexity index is 387. The van der Waals surface area contributed by atoms with Crippen LogP contribution in [0.2, 0.25) is 0 Å². The lowest BCUT2D eigenvalue weighted by Gasteiger charge is -2.08. The highest BCUT2D eigenvalue weighted by atomic mass is 16.5. The maximum Gasteiger partial charge on any atom is 0.305 e. The van der Waals surface area contributed by atoms with E-state index in [0.717, 1.165) is 12.8 Å². The van der Waals surface area contributed by atoms with Gasteiger partial charge in [0.05, 0.1) is 6.61 Å². The van der Waals surface area contributed by atoms with Crippen LogP contribution in [-0.4, -0.2) is 36.4 Å². The van der Waals surface area contributed by atoms with E-state index in [1.165, 1.54) is 19.8 Å². The average molecular weight is 340 g/mol. The molecule has 0 aromatic rings. The Kier molecular flexibility index (Phi) is 15.1. The summed E-state index contributed by atoms with van der Waals surface area (Å²) in [5, 5.41) is 8.64. The SMILES string of the molecule is CCCCC/C=C\[C@H](/C=C\CCOC(=O)CCCCO)OC(C)=O. The Balaban J connectivity index is 4.03. The van der Waals surface area contributed by atoms with Crippen molar-refractivity contribution in [3.63, 3.8) is 0 Å². The summed E-state index contributed by atoms with van der Waals surface area (Å²) in [6.07, 6.45) is 13.9. The minimum atomic E-state index is -0.371. The van der Waals surface area contributed by atoms with Crippen LogP contribution in [-0.2, 0) is 19.1 Å². The molecule has 1 atom stereocenters. The maximum absolute atomic E-state index is 11.4. The van der Waals surface area contributed by atoms with Crippen LogP contribution < -0.4 is 0 Å². The lowest BCUT2D eigenvalue weighted by atomic mass is 10.2. The molecule has 1 N–H and O–H groups in total. The smallest absolute Gasteiger partial charge is 0.305 e.